The van der Waals surface area contributed by atoms with Gasteiger partial charge in [0.25, 0.3) is 0 Å². The monoisotopic (exact) mass is 207 g/mol. The number of halogens is 2. The third kappa shape index (κ3) is 3.70. The van der Waals surface area contributed by atoms with Crippen molar-refractivity contribution in [2.75, 3.05) is 0 Å². The molecule has 2 N–H and O–H groups in total. The first-order valence-electron chi connectivity index (χ1n) is 4.87. The number of Topliss-reactive ketones (excluding diaryl/α,β-unsaturated/α-hetero) is 1. The van der Waals surface area contributed by atoms with Crippen LogP contribution in [0.4, 0.5) is 8.78 Å². The van der Waals surface area contributed by atoms with Crippen molar-refractivity contribution < 1.29 is 13.6 Å². The van der Waals surface area contributed by atoms with Gasteiger partial charge in [0.2, 0.25) is 6.43 Å². The van der Waals surface area contributed by atoms with Crippen LogP contribution in [-0.2, 0) is 4.79 Å². The molecule has 0 aliphatic rings. The SMILES string of the molecule is CCC[C@@](C)(C[C@H](N)C(C)=O)C(F)F. The lowest BCUT2D eigenvalue weighted by atomic mass is 9.79. The molecule has 0 saturated heterocycles. The second-order valence-corrected chi connectivity index (χ2v) is 4.13. The van der Waals surface area contributed by atoms with Crippen LogP contribution in [0.15, 0.2) is 0 Å². The third-order valence-corrected chi connectivity index (χ3v) is 2.56. The van der Waals surface area contributed by atoms with Crippen LogP contribution in [0.25, 0.3) is 0 Å². The topological polar surface area (TPSA) is 43.1 Å². The van der Waals surface area contributed by atoms with Crippen molar-refractivity contribution >= 4 is 5.78 Å². The van der Waals surface area contributed by atoms with Crippen LogP contribution in [0.3, 0.4) is 0 Å². The van der Waals surface area contributed by atoms with Gasteiger partial charge in [0, 0.05) is 5.41 Å². The lowest BCUT2D eigenvalue weighted by Gasteiger charge is -2.30. The number of hydrogen-bond acceptors (Lipinski definition) is 2. The molecule has 0 radical (unpaired) electrons. The zero-order valence-electron chi connectivity index (χ0n) is 9.02. The molecule has 2 atom stereocenters. The van der Waals surface area contributed by atoms with Crippen LogP contribution < -0.4 is 5.73 Å². The van der Waals surface area contributed by atoms with Gasteiger partial charge in [0.15, 0.2) is 0 Å². The van der Waals surface area contributed by atoms with E-state index < -0.39 is 17.9 Å². The predicted molar refractivity (Wildman–Crippen MR) is 52.3 cm³/mol. The van der Waals surface area contributed by atoms with E-state index in [2.05, 4.69) is 0 Å². The maximum absolute atomic E-state index is 12.7. The van der Waals surface area contributed by atoms with E-state index in [-0.39, 0.29) is 12.2 Å². The molecule has 0 bridgehead atoms. The van der Waals surface area contributed by atoms with E-state index in [0.29, 0.717) is 12.8 Å². The average molecular weight is 207 g/mol. The van der Waals surface area contributed by atoms with Crippen molar-refractivity contribution in [3.05, 3.63) is 0 Å². The molecule has 2 nitrogen and oxygen atoms in total. The summed E-state index contributed by atoms with van der Waals surface area (Å²) >= 11 is 0. The van der Waals surface area contributed by atoms with E-state index in [1.807, 2.05) is 6.92 Å². The number of carbonyl (C=O) groups is 1. The molecule has 4 heteroatoms. The molecule has 0 spiro atoms. The van der Waals surface area contributed by atoms with Gasteiger partial charge < -0.3 is 5.73 Å². The molecule has 0 aromatic carbocycles. The van der Waals surface area contributed by atoms with E-state index in [1.165, 1.54) is 13.8 Å². The molecule has 0 aromatic rings. The highest BCUT2D eigenvalue weighted by Crippen LogP contribution is 2.35. The Bertz CT molecular complexity index is 197. The predicted octanol–water partition coefficient (Wildman–Crippen LogP) is 2.36. The smallest absolute Gasteiger partial charge is 0.243 e. The van der Waals surface area contributed by atoms with Crippen molar-refractivity contribution in [3.63, 3.8) is 0 Å². The normalized spacial score (nSPS) is 17.9. The van der Waals surface area contributed by atoms with Gasteiger partial charge in [-0.15, -0.1) is 0 Å². The van der Waals surface area contributed by atoms with Gasteiger partial charge in [-0.05, 0) is 19.8 Å². The van der Waals surface area contributed by atoms with Crippen LogP contribution in [0.2, 0.25) is 0 Å². The Balaban J connectivity index is 4.43. The summed E-state index contributed by atoms with van der Waals surface area (Å²) in [6.45, 7) is 4.67. The van der Waals surface area contributed by atoms with Crippen molar-refractivity contribution in [3.8, 4) is 0 Å². The summed E-state index contributed by atoms with van der Waals surface area (Å²) in [4.78, 5) is 10.9. The van der Waals surface area contributed by atoms with E-state index in [0.717, 1.165) is 0 Å². The summed E-state index contributed by atoms with van der Waals surface area (Å²) in [5.41, 5.74) is 4.36. The maximum atomic E-state index is 12.7. The molecule has 0 aliphatic heterocycles. The van der Waals surface area contributed by atoms with Crippen LogP contribution in [0, 0.1) is 5.41 Å². The van der Waals surface area contributed by atoms with Crippen molar-refractivity contribution in [2.24, 2.45) is 11.1 Å². The number of alkyl halides is 2. The van der Waals surface area contributed by atoms with Crippen LogP contribution in [0.5, 0.6) is 0 Å². The third-order valence-electron chi connectivity index (χ3n) is 2.56. The lowest BCUT2D eigenvalue weighted by molar-refractivity contribution is -0.119. The second kappa shape index (κ2) is 5.39. The number of nitrogens with two attached hydrogens (primary N) is 1. The lowest BCUT2D eigenvalue weighted by Crippen LogP contribution is -2.38. The van der Waals surface area contributed by atoms with Crippen molar-refractivity contribution in [1.29, 1.82) is 0 Å². The molecular formula is C10H19F2NO. The summed E-state index contributed by atoms with van der Waals surface area (Å²) in [6, 6.07) is -0.763. The molecule has 14 heavy (non-hydrogen) atoms. The van der Waals surface area contributed by atoms with Gasteiger partial charge in [0.05, 0.1) is 6.04 Å². The summed E-state index contributed by atoms with van der Waals surface area (Å²) < 4.78 is 25.5. The van der Waals surface area contributed by atoms with Crippen molar-refractivity contribution in [2.45, 2.75) is 52.5 Å². The average Bonchev–Trinajstić information content (AvgIpc) is 2.03. The fraction of sp³-hybridized carbons (Fsp3) is 0.900. The van der Waals surface area contributed by atoms with E-state index in [1.54, 1.807) is 0 Å². The Hall–Kier alpha value is -0.510. The summed E-state index contributed by atoms with van der Waals surface area (Å²) in [5.74, 6) is -0.229. The van der Waals surface area contributed by atoms with E-state index in [4.69, 9.17) is 5.73 Å². The van der Waals surface area contributed by atoms with Crippen LogP contribution >= 0.6 is 0 Å². The standard InChI is InChI=1S/C10H19F2NO/c1-4-5-10(3,9(11)12)6-8(13)7(2)14/h8-9H,4-6,13H2,1-3H3/t8-,10-/m0/s1. The molecule has 84 valence electrons. The first kappa shape index (κ1) is 13.5. The molecule has 0 saturated carbocycles. The highest BCUT2D eigenvalue weighted by Gasteiger charge is 2.36. The first-order chi connectivity index (χ1) is 6.33. The Morgan fingerprint density at radius 3 is 2.29 bits per heavy atom. The zero-order chi connectivity index (χ0) is 11.4. The summed E-state index contributed by atoms with van der Waals surface area (Å²) in [7, 11) is 0. The molecule has 0 heterocycles. The van der Waals surface area contributed by atoms with Crippen LogP contribution in [0.1, 0.15) is 40.0 Å². The van der Waals surface area contributed by atoms with Gasteiger partial charge in [0.1, 0.15) is 5.78 Å². The molecule has 0 fully saturated rings. The minimum Gasteiger partial charge on any atom is -0.321 e. The molecule has 0 aromatic heterocycles. The number of carbonyl (C=O) groups excluding carboxylic acids is 1. The zero-order valence-corrected chi connectivity index (χ0v) is 9.02. The van der Waals surface area contributed by atoms with Gasteiger partial charge >= 0.3 is 0 Å². The van der Waals surface area contributed by atoms with Gasteiger partial charge in [-0.1, -0.05) is 20.3 Å². The fourth-order valence-electron chi connectivity index (χ4n) is 1.52. The van der Waals surface area contributed by atoms with Crippen LogP contribution in [-0.4, -0.2) is 18.3 Å². The van der Waals surface area contributed by atoms with E-state index in [9.17, 15) is 13.6 Å². The van der Waals surface area contributed by atoms with Gasteiger partial charge in [-0.3, -0.25) is 4.79 Å². The number of rotatable bonds is 6. The minimum absolute atomic E-state index is 0.0633. The highest BCUT2D eigenvalue weighted by atomic mass is 19.3. The van der Waals surface area contributed by atoms with Gasteiger partial charge in [-0.2, -0.15) is 0 Å². The summed E-state index contributed by atoms with van der Waals surface area (Å²) in [6.07, 6.45) is -1.29. The number of ketones is 1. The quantitative estimate of drug-likeness (QED) is 0.726. The summed E-state index contributed by atoms with van der Waals surface area (Å²) in [5, 5.41) is 0. The first-order valence-corrected chi connectivity index (χ1v) is 4.87. The minimum atomic E-state index is -2.42. The maximum Gasteiger partial charge on any atom is 0.243 e. The molecule has 0 unspecified atom stereocenters. The molecule has 0 aliphatic carbocycles. The Morgan fingerprint density at radius 2 is 2.00 bits per heavy atom. The van der Waals surface area contributed by atoms with E-state index >= 15 is 0 Å². The Labute approximate surface area is 83.9 Å². The second-order valence-electron chi connectivity index (χ2n) is 4.13. The number of hydrogen-bond donors (Lipinski definition) is 1. The highest BCUT2D eigenvalue weighted by molar-refractivity contribution is 5.81. The fourth-order valence-corrected chi connectivity index (χ4v) is 1.52. The largest absolute Gasteiger partial charge is 0.321 e. The Morgan fingerprint density at radius 1 is 1.50 bits per heavy atom. The van der Waals surface area contributed by atoms with Crippen molar-refractivity contribution in [1.82, 2.24) is 0 Å². The molecular weight excluding hydrogens is 188 g/mol. The molecule has 0 rings (SSSR count). The Kier molecular flexibility index (Phi) is 5.19. The van der Waals surface area contributed by atoms with Gasteiger partial charge in [-0.25, -0.2) is 8.78 Å². The molecule has 0 amide bonds.